The summed E-state index contributed by atoms with van der Waals surface area (Å²) in [7, 11) is 0. The van der Waals surface area contributed by atoms with E-state index in [2.05, 4.69) is 0 Å². The minimum absolute atomic E-state index is 0.200. The van der Waals surface area contributed by atoms with Crippen LogP contribution in [0.4, 0.5) is 0 Å². The van der Waals surface area contributed by atoms with Gasteiger partial charge in [0.25, 0.3) is 0 Å². The molecular weight excluding hydrogens is 120 g/mol. The molecule has 0 aromatic rings. The van der Waals surface area contributed by atoms with E-state index in [9.17, 15) is 9.90 Å². The van der Waals surface area contributed by atoms with Crippen molar-refractivity contribution in [3.05, 3.63) is 0 Å². The summed E-state index contributed by atoms with van der Waals surface area (Å²) < 4.78 is 0. The van der Waals surface area contributed by atoms with Crippen molar-refractivity contribution >= 4 is 5.97 Å². The number of carboxylic acid groups (broad SMARTS) is 1. The Labute approximate surface area is 54.3 Å². The van der Waals surface area contributed by atoms with Crippen LogP contribution in [0.25, 0.3) is 0 Å². The van der Waals surface area contributed by atoms with Gasteiger partial charge in [-0.3, -0.25) is 0 Å². The number of aliphatic hydroxyl groups is 1. The number of hydrogen-bond acceptors (Lipinski definition) is 3. The van der Waals surface area contributed by atoms with Crippen molar-refractivity contribution in [2.24, 2.45) is 0 Å². The summed E-state index contributed by atoms with van der Waals surface area (Å²) in [6, 6.07) is 0. The third-order valence-electron chi connectivity index (χ3n) is 1.55. The lowest BCUT2D eigenvalue weighted by molar-refractivity contribution is -0.325. The van der Waals surface area contributed by atoms with Crippen LogP contribution in [-0.2, 0) is 4.79 Å². The molecule has 0 atom stereocenters. The summed E-state index contributed by atoms with van der Waals surface area (Å²) >= 11 is 0. The molecule has 0 aliphatic heterocycles. The number of carboxylic acids is 1. The highest BCUT2D eigenvalue weighted by Crippen LogP contribution is 2.12. The molecule has 0 aliphatic rings. The molecular formula is C6H11O3-. The summed E-state index contributed by atoms with van der Waals surface area (Å²) in [5, 5.41) is 19.2. The maximum absolute atomic E-state index is 10.1. The van der Waals surface area contributed by atoms with Crippen molar-refractivity contribution in [2.75, 3.05) is 0 Å². The number of rotatable bonds is 3. The molecule has 9 heavy (non-hydrogen) atoms. The largest absolute Gasteiger partial charge is 0.547 e. The molecule has 0 rings (SSSR count). The third kappa shape index (κ3) is 1.68. The van der Waals surface area contributed by atoms with E-state index in [1.807, 2.05) is 0 Å². The Balaban J connectivity index is 4.09. The molecule has 0 aromatic carbocycles. The highest BCUT2D eigenvalue weighted by Gasteiger charge is 2.22. The lowest BCUT2D eigenvalue weighted by Crippen LogP contribution is -2.47. The molecule has 0 aliphatic carbocycles. The number of hydrogen-bond donors (Lipinski definition) is 1. The first-order valence-electron chi connectivity index (χ1n) is 3.00. The monoisotopic (exact) mass is 131 g/mol. The minimum atomic E-state index is -1.61. The molecule has 0 saturated heterocycles. The van der Waals surface area contributed by atoms with Crippen LogP contribution in [0, 0.1) is 0 Å². The Bertz CT molecular complexity index is 105. The fourth-order valence-corrected chi connectivity index (χ4v) is 0.539. The van der Waals surface area contributed by atoms with Crippen LogP contribution >= 0.6 is 0 Å². The molecule has 0 radical (unpaired) electrons. The molecule has 3 heteroatoms. The molecule has 0 saturated carbocycles. The van der Waals surface area contributed by atoms with Crippen LogP contribution < -0.4 is 5.11 Å². The van der Waals surface area contributed by atoms with Crippen molar-refractivity contribution in [1.29, 1.82) is 0 Å². The molecule has 0 amide bonds. The van der Waals surface area contributed by atoms with Crippen molar-refractivity contribution in [3.8, 4) is 0 Å². The lowest BCUT2D eigenvalue weighted by Gasteiger charge is -2.25. The predicted molar refractivity (Wildman–Crippen MR) is 30.5 cm³/mol. The quantitative estimate of drug-likeness (QED) is 0.550. The van der Waals surface area contributed by atoms with Gasteiger partial charge in [0, 0.05) is 0 Å². The van der Waals surface area contributed by atoms with Gasteiger partial charge in [-0.1, -0.05) is 13.8 Å². The molecule has 0 aromatic heterocycles. The predicted octanol–water partition coefficient (Wildman–Crippen LogP) is -0.713. The molecule has 0 fully saturated rings. The van der Waals surface area contributed by atoms with Gasteiger partial charge in [-0.15, -0.1) is 0 Å². The first kappa shape index (κ1) is 8.43. The van der Waals surface area contributed by atoms with E-state index in [4.69, 9.17) is 5.11 Å². The maximum Gasteiger partial charge on any atom is 0.103 e. The lowest BCUT2D eigenvalue weighted by atomic mass is 9.98. The zero-order valence-electron chi connectivity index (χ0n) is 5.68. The van der Waals surface area contributed by atoms with Crippen LogP contribution in [0.2, 0.25) is 0 Å². The Morgan fingerprint density at radius 3 is 1.89 bits per heavy atom. The van der Waals surface area contributed by atoms with E-state index in [1.165, 1.54) is 0 Å². The average molecular weight is 131 g/mol. The zero-order valence-corrected chi connectivity index (χ0v) is 5.68. The maximum atomic E-state index is 10.1. The van der Waals surface area contributed by atoms with Crippen LogP contribution in [-0.4, -0.2) is 16.7 Å². The highest BCUT2D eigenvalue weighted by molar-refractivity contribution is 5.74. The zero-order chi connectivity index (χ0) is 7.49. The summed E-state index contributed by atoms with van der Waals surface area (Å²) in [6.07, 6.45) is 0.400. The second kappa shape index (κ2) is 2.82. The standard InChI is InChI=1S/C6H12O3/c1-3-6(9,4-2)5(7)8/h9H,3-4H2,1-2H3,(H,7,8)/p-1. The highest BCUT2D eigenvalue weighted by atomic mass is 16.4. The fourth-order valence-electron chi connectivity index (χ4n) is 0.539. The Morgan fingerprint density at radius 2 is 1.89 bits per heavy atom. The second-order valence-corrected chi connectivity index (χ2v) is 2.03. The van der Waals surface area contributed by atoms with E-state index in [1.54, 1.807) is 13.8 Å². The summed E-state index contributed by atoms with van der Waals surface area (Å²) in [6.45, 7) is 3.22. The topological polar surface area (TPSA) is 60.4 Å². The number of aliphatic carboxylic acids is 1. The van der Waals surface area contributed by atoms with Gasteiger partial charge in [0.2, 0.25) is 0 Å². The van der Waals surface area contributed by atoms with Gasteiger partial charge in [0.15, 0.2) is 0 Å². The number of carbonyl (C=O) groups excluding carboxylic acids is 1. The molecule has 0 spiro atoms. The fraction of sp³-hybridized carbons (Fsp3) is 0.833. The van der Waals surface area contributed by atoms with Gasteiger partial charge in [-0.25, -0.2) is 0 Å². The molecule has 0 heterocycles. The van der Waals surface area contributed by atoms with Gasteiger partial charge < -0.3 is 15.0 Å². The first-order valence-corrected chi connectivity index (χ1v) is 3.00. The Hall–Kier alpha value is -0.570. The smallest absolute Gasteiger partial charge is 0.103 e. The van der Waals surface area contributed by atoms with Crippen LogP contribution in [0.3, 0.4) is 0 Å². The van der Waals surface area contributed by atoms with Crippen LogP contribution in [0.1, 0.15) is 26.7 Å². The second-order valence-electron chi connectivity index (χ2n) is 2.03. The minimum Gasteiger partial charge on any atom is -0.547 e. The van der Waals surface area contributed by atoms with E-state index >= 15 is 0 Å². The van der Waals surface area contributed by atoms with Gasteiger partial charge >= 0.3 is 0 Å². The Kier molecular flexibility index (Phi) is 2.65. The van der Waals surface area contributed by atoms with Crippen molar-refractivity contribution < 1.29 is 15.0 Å². The Morgan fingerprint density at radius 1 is 1.56 bits per heavy atom. The summed E-state index contributed by atoms with van der Waals surface area (Å²) in [5.41, 5.74) is -1.61. The van der Waals surface area contributed by atoms with Gasteiger partial charge in [0.05, 0.1) is 5.97 Å². The summed E-state index contributed by atoms with van der Waals surface area (Å²) in [5.74, 6) is -1.38. The third-order valence-corrected chi connectivity index (χ3v) is 1.55. The number of carbonyl (C=O) groups is 1. The van der Waals surface area contributed by atoms with Crippen molar-refractivity contribution in [1.82, 2.24) is 0 Å². The van der Waals surface area contributed by atoms with Gasteiger partial charge in [-0.05, 0) is 12.8 Å². The normalized spacial score (nSPS) is 11.4. The van der Waals surface area contributed by atoms with E-state index < -0.39 is 11.6 Å². The van der Waals surface area contributed by atoms with E-state index in [0.717, 1.165) is 0 Å². The molecule has 0 unspecified atom stereocenters. The van der Waals surface area contributed by atoms with E-state index in [-0.39, 0.29) is 12.8 Å². The van der Waals surface area contributed by atoms with Crippen molar-refractivity contribution in [3.63, 3.8) is 0 Å². The molecule has 54 valence electrons. The first-order chi connectivity index (χ1) is 4.06. The van der Waals surface area contributed by atoms with Crippen LogP contribution in [0.15, 0.2) is 0 Å². The summed E-state index contributed by atoms with van der Waals surface area (Å²) in [4.78, 5) is 10.1. The molecule has 3 nitrogen and oxygen atoms in total. The van der Waals surface area contributed by atoms with Gasteiger partial charge in [-0.2, -0.15) is 0 Å². The van der Waals surface area contributed by atoms with Gasteiger partial charge in [0.1, 0.15) is 5.60 Å². The SMILES string of the molecule is CCC(O)(CC)C(=O)[O-]. The molecule has 1 N–H and O–H groups in total. The average Bonchev–Trinajstić information content (AvgIpc) is 1.86. The van der Waals surface area contributed by atoms with Crippen molar-refractivity contribution in [2.45, 2.75) is 32.3 Å². The van der Waals surface area contributed by atoms with Crippen LogP contribution in [0.5, 0.6) is 0 Å². The molecule has 0 bridgehead atoms. The van der Waals surface area contributed by atoms with E-state index in [0.29, 0.717) is 0 Å².